The van der Waals surface area contributed by atoms with Crippen molar-refractivity contribution < 1.29 is 14.3 Å². The molecule has 2 heterocycles. The van der Waals surface area contributed by atoms with E-state index in [2.05, 4.69) is 25.3 Å². The Morgan fingerprint density at radius 2 is 1.89 bits per heavy atom. The summed E-state index contributed by atoms with van der Waals surface area (Å²) in [7, 11) is 0. The van der Waals surface area contributed by atoms with Gasteiger partial charge >= 0.3 is 0 Å². The summed E-state index contributed by atoms with van der Waals surface area (Å²) >= 11 is 7.73. The van der Waals surface area contributed by atoms with Crippen molar-refractivity contribution in [2.24, 2.45) is 5.92 Å². The Morgan fingerprint density at radius 1 is 1.14 bits per heavy atom. The van der Waals surface area contributed by atoms with Crippen LogP contribution in [0.15, 0.2) is 66.0 Å². The molecule has 7 heteroatoms. The molecule has 2 atom stereocenters. The van der Waals surface area contributed by atoms with E-state index in [0.717, 1.165) is 24.0 Å². The molecule has 4 rings (SSSR count). The molecule has 0 N–H and O–H groups in total. The second-order valence-electron chi connectivity index (χ2n) is 9.37. The molecule has 5 nitrogen and oxygen atoms in total. The SMILES string of the molecule is CC[C@H](C)CN(CC(=O)N1CCc2sccc2[C@H]1COc1ccc(Cl)cc1)C(=O)Cc1ccccc1. The van der Waals surface area contributed by atoms with Gasteiger partial charge in [0.2, 0.25) is 11.8 Å². The van der Waals surface area contributed by atoms with E-state index in [4.69, 9.17) is 16.3 Å². The van der Waals surface area contributed by atoms with Gasteiger partial charge in [-0.3, -0.25) is 9.59 Å². The molecule has 0 radical (unpaired) electrons. The van der Waals surface area contributed by atoms with Gasteiger partial charge in [-0.2, -0.15) is 0 Å². The fraction of sp³-hybridized carbons (Fsp3) is 0.379. The smallest absolute Gasteiger partial charge is 0.242 e. The first-order valence-corrected chi connectivity index (χ1v) is 13.8. The van der Waals surface area contributed by atoms with Crippen LogP contribution in [0.3, 0.4) is 0 Å². The average molecular weight is 525 g/mol. The highest BCUT2D eigenvalue weighted by Crippen LogP contribution is 2.34. The highest BCUT2D eigenvalue weighted by atomic mass is 35.5. The van der Waals surface area contributed by atoms with Crippen molar-refractivity contribution in [2.45, 2.75) is 39.2 Å². The normalized spacial score (nSPS) is 15.8. The molecule has 0 saturated carbocycles. The Kier molecular flexibility index (Phi) is 9.05. The maximum absolute atomic E-state index is 13.7. The van der Waals surface area contributed by atoms with E-state index in [9.17, 15) is 9.59 Å². The minimum absolute atomic E-state index is 0.0166. The van der Waals surface area contributed by atoms with E-state index in [1.807, 2.05) is 47.4 Å². The highest BCUT2D eigenvalue weighted by Gasteiger charge is 2.33. The maximum Gasteiger partial charge on any atom is 0.242 e. The van der Waals surface area contributed by atoms with Crippen molar-refractivity contribution >= 4 is 34.8 Å². The van der Waals surface area contributed by atoms with E-state index in [-0.39, 0.29) is 24.4 Å². The first kappa shape index (κ1) is 26.2. The zero-order chi connectivity index (χ0) is 25.5. The molecule has 36 heavy (non-hydrogen) atoms. The fourth-order valence-corrected chi connectivity index (χ4v) is 5.53. The van der Waals surface area contributed by atoms with Crippen molar-refractivity contribution in [3.05, 3.63) is 87.1 Å². The Bertz CT molecular complexity index is 1150. The van der Waals surface area contributed by atoms with E-state index in [1.165, 1.54) is 4.88 Å². The Balaban J connectivity index is 1.50. The molecule has 2 amide bonds. The number of thiophene rings is 1. The maximum atomic E-state index is 13.7. The van der Waals surface area contributed by atoms with Gasteiger partial charge in [0.1, 0.15) is 12.4 Å². The molecule has 2 aromatic carbocycles. The molecule has 190 valence electrons. The van der Waals surface area contributed by atoms with Gasteiger partial charge in [-0.15, -0.1) is 11.3 Å². The summed E-state index contributed by atoms with van der Waals surface area (Å²) in [6.07, 6.45) is 2.06. The standard InChI is InChI=1S/C29H33ClN2O3S/c1-3-21(2)18-31(28(33)17-22-7-5-4-6-8-22)19-29(34)32-15-13-27-25(14-16-36-27)26(32)20-35-24-11-9-23(30)10-12-24/h4-12,14,16,21,26H,3,13,15,17-20H2,1-2H3/t21-,26+/m0/s1. The number of amides is 2. The van der Waals surface area contributed by atoms with Crippen LogP contribution in [0.2, 0.25) is 5.02 Å². The zero-order valence-electron chi connectivity index (χ0n) is 20.9. The van der Waals surface area contributed by atoms with Crippen LogP contribution in [-0.4, -0.2) is 47.9 Å². The summed E-state index contributed by atoms with van der Waals surface area (Å²) < 4.78 is 6.09. The predicted molar refractivity (Wildman–Crippen MR) is 146 cm³/mol. The Hall–Kier alpha value is -2.83. The van der Waals surface area contributed by atoms with Crippen molar-refractivity contribution in [1.82, 2.24) is 9.80 Å². The van der Waals surface area contributed by atoms with Gasteiger partial charge in [0, 0.05) is 23.0 Å². The van der Waals surface area contributed by atoms with E-state index in [1.54, 1.807) is 28.4 Å². The highest BCUT2D eigenvalue weighted by molar-refractivity contribution is 7.10. The van der Waals surface area contributed by atoms with Crippen LogP contribution in [0.1, 0.15) is 42.3 Å². The lowest BCUT2D eigenvalue weighted by atomic mass is 10.00. The number of halogens is 1. The van der Waals surface area contributed by atoms with Crippen molar-refractivity contribution in [3.63, 3.8) is 0 Å². The van der Waals surface area contributed by atoms with Crippen LogP contribution in [0.5, 0.6) is 5.75 Å². The Labute approximate surface area is 222 Å². The summed E-state index contributed by atoms with van der Waals surface area (Å²) in [6.45, 7) is 5.84. The molecule has 0 spiro atoms. The third-order valence-corrected chi connectivity index (χ3v) is 7.99. The minimum atomic E-state index is -0.196. The summed E-state index contributed by atoms with van der Waals surface area (Å²) in [5.74, 6) is 0.968. The lowest BCUT2D eigenvalue weighted by Crippen LogP contribution is -2.48. The molecular weight excluding hydrogens is 492 g/mol. The van der Waals surface area contributed by atoms with Crippen LogP contribution < -0.4 is 4.74 Å². The molecule has 1 aliphatic heterocycles. The van der Waals surface area contributed by atoms with Crippen LogP contribution in [0, 0.1) is 5.92 Å². The molecule has 1 aromatic heterocycles. The topological polar surface area (TPSA) is 49.9 Å². The van der Waals surface area contributed by atoms with Crippen LogP contribution in [0.25, 0.3) is 0 Å². The van der Waals surface area contributed by atoms with Crippen LogP contribution in [-0.2, 0) is 22.4 Å². The fourth-order valence-electron chi connectivity index (χ4n) is 4.48. The second kappa shape index (κ2) is 12.4. The average Bonchev–Trinajstić information content (AvgIpc) is 3.37. The predicted octanol–water partition coefficient (Wildman–Crippen LogP) is 6.02. The number of carbonyl (C=O) groups excluding carboxylic acids is 2. The minimum Gasteiger partial charge on any atom is -0.491 e. The number of hydrogen-bond donors (Lipinski definition) is 0. The summed E-state index contributed by atoms with van der Waals surface area (Å²) in [6, 6.07) is 18.9. The van der Waals surface area contributed by atoms with Gasteiger partial charge in [0.25, 0.3) is 0 Å². The van der Waals surface area contributed by atoms with Gasteiger partial charge in [-0.25, -0.2) is 0 Å². The number of fused-ring (bicyclic) bond motifs is 1. The van der Waals surface area contributed by atoms with Crippen LogP contribution >= 0.6 is 22.9 Å². The van der Waals surface area contributed by atoms with Crippen molar-refractivity contribution in [1.29, 1.82) is 0 Å². The number of benzene rings is 2. The summed E-state index contributed by atoms with van der Waals surface area (Å²) in [5, 5.41) is 2.73. The van der Waals surface area contributed by atoms with Gasteiger partial charge < -0.3 is 14.5 Å². The van der Waals surface area contributed by atoms with E-state index in [0.29, 0.717) is 42.8 Å². The number of hydrogen-bond acceptors (Lipinski definition) is 4. The van der Waals surface area contributed by atoms with Gasteiger partial charge in [-0.1, -0.05) is 62.2 Å². The molecule has 0 unspecified atom stereocenters. The number of carbonyl (C=O) groups is 2. The first-order chi connectivity index (χ1) is 17.4. The van der Waals surface area contributed by atoms with Crippen LogP contribution in [0.4, 0.5) is 0 Å². The molecule has 0 saturated heterocycles. The van der Waals surface area contributed by atoms with Gasteiger partial charge in [0.05, 0.1) is 19.0 Å². The Morgan fingerprint density at radius 3 is 2.61 bits per heavy atom. The molecule has 0 fully saturated rings. The zero-order valence-corrected chi connectivity index (χ0v) is 22.4. The van der Waals surface area contributed by atoms with Gasteiger partial charge in [0.15, 0.2) is 0 Å². The monoisotopic (exact) mass is 524 g/mol. The molecule has 0 bridgehead atoms. The summed E-state index contributed by atoms with van der Waals surface area (Å²) in [4.78, 5) is 31.9. The largest absolute Gasteiger partial charge is 0.491 e. The van der Waals surface area contributed by atoms with Crippen molar-refractivity contribution in [2.75, 3.05) is 26.2 Å². The summed E-state index contributed by atoms with van der Waals surface area (Å²) in [5.41, 5.74) is 2.09. The molecular formula is C29H33ClN2O3S. The second-order valence-corrected chi connectivity index (χ2v) is 10.8. The first-order valence-electron chi connectivity index (χ1n) is 12.5. The third kappa shape index (κ3) is 6.68. The van der Waals surface area contributed by atoms with Gasteiger partial charge in [-0.05, 0) is 59.2 Å². The van der Waals surface area contributed by atoms with E-state index >= 15 is 0 Å². The van der Waals surface area contributed by atoms with E-state index < -0.39 is 0 Å². The quantitative estimate of drug-likeness (QED) is 0.325. The third-order valence-electron chi connectivity index (χ3n) is 6.74. The molecule has 3 aromatic rings. The number of rotatable bonds is 10. The number of nitrogens with zero attached hydrogens (tertiary/aromatic N) is 2. The lowest BCUT2D eigenvalue weighted by molar-refractivity contribution is -0.143. The molecule has 0 aliphatic carbocycles. The molecule has 1 aliphatic rings. The van der Waals surface area contributed by atoms with Crippen molar-refractivity contribution in [3.8, 4) is 5.75 Å². The number of ether oxygens (including phenoxy) is 1. The lowest BCUT2D eigenvalue weighted by Gasteiger charge is -2.37.